The van der Waals surface area contributed by atoms with E-state index in [4.69, 9.17) is 7.85 Å². The number of fused-ring (bicyclic) bond motifs is 1. The van der Waals surface area contributed by atoms with Gasteiger partial charge in [-0.3, -0.25) is 0 Å². The second-order valence-electron chi connectivity index (χ2n) is 4.23. The number of hydrogen-bond donors (Lipinski definition) is 0. The third kappa shape index (κ3) is 1.95. The average Bonchev–Trinajstić information content (AvgIpc) is 2.41. The summed E-state index contributed by atoms with van der Waals surface area (Å²) < 4.78 is 1.25. The largest absolute Gasteiger partial charge is 0.114 e. The molecular formula is C16H10BI. The second-order valence-corrected chi connectivity index (χ2v) is 5.39. The Morgan fingerprint density at radius 3 is 2.11 bits per heavy atom. The van der Waals surface area contributed by atoms with Crippen molar-refractivity contribution in [2.45, 2.75) is 0 Å². The van der Waals surface area contributed by atoms with Crippen LogP contribution in [0.15, 0.2) is 60.7 Å². The van der Waals surface area contributed by atoms with Crippen LogP contribution in [0.4, 0.5) is 0 Å². The predicted octanol–water partition coefficient (Wildman–Crippen LogP) is 3.91. The minimum absolute atomic E-state index is 0.834. The zero-order valence-corrected chi connectivity index (χ0v) is 11.9. The smallest absolute Gasteiger partial charge is 0.0889 e. The van der Waals surface area contributed by atoms with Crippen molar-refractivity contribution in [2.24, 2.45) is 0 Å². The van der Waals surface area contributed by atoms with E-state index in [9.17, 15) is 0 Å². The van der Waals surface area contributed by atoms with Gasteiger partial charge in [0.2, 0.25) is 0 Å². The van der Waals surface area contributed by atoms with E-state index < -0.39 is 0 Å². The van der Waals surface area contributed by atoms with Crippen molar-refractivity contribution in [3.63, 3.8) is 0 Å². The number of rotatable bonds is 1. The van der Waals surface area contributed by atoms with Crippen molar-refractivity contribution in [3.8, 4) is 11.1 Å². The molecule has 0 saturated carbocycles. The Kier molecular flexibility index (Phi) is 3.12. The maximum atomic E-state index is 6.04. The van der Waals surface area contributed by atoms with Crippen LogP contribution in [0, 0.1) is 3.57 Å². The van der Waals surface area contributed by atoms with Gasteiger partial charge in [-0.1, -0.05) is 60.1 Å². The molecule has 0 saturated heterocycles. The van der Waals surface area contributed by atoms with Crippen molar-refractivity contribution >= 4 is 46.7 Å². The van der Waals surface area contributed by atoms with Crippen LogP contribution in [-0.4, -0.2) is 7.85 Å². The van der Waals surface area contributed by atoms with E-state index >= 15 is 0 Å². The highest BCUT2D eigenvalue weighted by Gasteiger charge is 2.07. The zero-order chi connectivity index (χ0) is 12.5. The maximum Gasteiger partial charge on any atom is 0.114 e. The van der Waals surface area contributed by atoms with Gasteiger partial charge in [-0.25, -0.2) is 0 Å². The fraction of sp³-hybridized carbons (Fsp3) is 0. The highest BCUT2D eigenvalue weighted by Crippen LogP contribution is 2.30. The van der Waals surface area contributed by atoms with Gasteiger partial charge in [-0.2, -0.15) is 0 Å². The monoisotopic (exact) mass is 340 g/mol. The molecule has 0 N–H and O–H groups in total. The first-order chi connectivity index (χ1) is 8.77. The van der Waals surface area contributed by atoms with Crippen LogP contribution in [0.1, 0.15) is 0 Å². The minimum atomic E-state index is 0.834. The van der Waals surface area contributed by atoms with E-state index in [1.165, 1.54) is 20.1 Å². The normalized spacial score (nSPS) is 10.7. The van der Waals surface area contributed by atoms with Crippen LogP contribution in [-0.2, 0) is 0 Å². The molecule has 84 valence electrons. The first kappa shape index (κ1) is 11.8. The topological polar surface area (TPSA) is 0 Å². The van der Waals surface area contributed by atoms with Gasteiger partial charge >= 0.3 is 0 Å². The molecule has 0 unspecified atom stereocenters. The lowest BCUT2D eigenvalue weighted by Crippen LogP contribution is -2.03. The molecule has 0 spiro atoms. The fourth-order valence-corrected chi connectivity index (χ4v) is 2.91. The molecule has 0 bridgehead atoms. The van der Waals surface area contributed by atoms with Crippen molar-refractivity contribution in [1.82, 2.24) is 0 Å². The Morgan fingerprint density at radius 2 is 1.33 bits per heavy atom. The molecule has 0 atom stereocenters. The molecule has 3 aromatic carbocycles. The van der Waals surface area contributed by atoms with Crippen LogP contribution in [0.3, 0.4) is 0 Å². The molecule has 2 radical (unpaired) electrons. The molecule has 2 heteroatoms. The summed E-state index contributed by atoms with van der Waals surface area (Å²) in [6.45, 7) is 0. The van der Waals surface area contributed by atoms with E-state index in [0.29, 0.717) is 0 Å². The van der Waals surface area contributed by atoms with Crippen LogP contribution < -0.4 is 5.46 Å². The fourth-order valence-electron chi connectivity index (χ4n) is 2.24. The molecule has 0 amide bonds. The molecule has 3 rings (SSSR count). The standard InChI is InChI=1S/C16H10BI/c17-15-10-9-12(11-5-1-2-6-13(11)15)14-7-3-4-8-16(14)18/h1-10H. The van der Waals surface area contributed by atoms with E-state index in [1.54, 1.807) is 0 Å². The third-order valence-electron chi connectivity index (χ3n) is 3.12. The summed E-state index contributed by atoms with van der Waals surface area (Å²) >= 11 is 2.37. The van der Waals surface area contributed by atoms with Gasteiger partial charge in [-0.05, 0) is 50.6 Å². The zero-order valence-electron chi connectivity index (χ0n) is 9.73. The van der Waals surface area contributed by atoms with Gasteiger partial charge < -0.3 is 0 Å². The summed E-state index contributed by atoms with van der Waals surface area (Å²) in [4.78, 5) is 0. The van der Waals surface area contributed by atoms with Gasteiger partial charge in [0, 0.05) is 3.57 Å². The lowest BCUT2D eigenvalue weighted by molar-refractivity contribution is 1.61. The molecule has 18 heavy (non-hydrogen) atoms. The number of benzene rings is 3. The van der Waals surface area contributed by atoms with Crippen molar-refractivity contribution < 1.29 is 0 Å². The Morgan fingerprint density at radius 1 is 0.667 bits per heavy atom. The van der Waals surface area contributed by atoms with E-state index in [-0.39, 0.29) is 0 Å². The molecule has 0 fully saturated rings. The van der Waals surface area contributed by atoms with Gasteiger partial charge in [0.05, 0.1) is 0 Å². The molecule has 0 aliphatic rings. The Labute approximate surface area is 122 Å². The van der Waals surface area contributed by atoms with E-state index in [2.05, 4.69) is 71.1 Å². The highest BCUT2D eigenvalue weighted by molar-refractivity contribution is 14.1. The summed E-state index contributed by atoms with van der Waals surface area (Å²) in [5.41, 5.74) is 3.33. The van der Waals surface area contributed by atoms with Crippen molar-refractivity contribution in [3.05, 3.63) is 64.2 Å². The molecule has 3 aromatic rings. The van der Waals surface area contributed by atoms with Crippen LogP contribution >= 0.6 is 22.6 Å². The molecule has 0 nitrogen and oxygen atoms in total. The number of halogens is 1. The lowest BCUT2D eigenvalue weighted by Gasteiger charge is -2.11. The maximum absolute atomic E-state index is 6.04. The SMILES string of the molecule is [B]c1ccc(-c2ccccc2I)c2ccccc12. The van der Waals surface area contributed by atoms with E-state index in [1.807, 2.05) is 12.1 Å². The first-order valence-electron chi connectivity index (χ1n) is 5.79. The van der Waals surface area contributed by atoms with Crippen molar-refractivity contribution in [1.29, 1.82) is 0 Å². The second kappa shape index (κ2) is 4.77. The quantitative estimate of drug-likeness (QED) is 0.466. The lowest BCUT2D eigenvalue weighted by atomic mass is 9.86. The summed E-state index contributed by atoms with van der Waals surface area (Å²) in [6, 6.07) is 20.8. The summed E-state index contributed by atoms with van der Waals surface area (Å²) in [7, 11) is 6.04. The van der Waals surface area contributed by atoms with Gasteiger partial charge in [0.15, 0.2) is 0 Å². The summed E-state index contributed by atoms with van der Waals surface area (Å²) in [5, 5.41) is 2.33. The Balaban J connectivity index is 2.38. The van der Waals surface area contributed by atoms with Crippen LogP contribution in [0.5, 0.6) is 0 Å². The van der Waals surface area contributed by atoms with E-state index in [0.717, 1.165) is 10.8 Å². The van der Waals surface area contributed by atoms with Gasteiger partial charge in [0.25, 0.3) is 0 Å². The highest BCUT2D eigenvalue weighted by atomic mass is 127. The van der Waals surface area contributed by atoms with Gasteiger partial charge in [-0.15, -0.1) is 0 Å². The molecule has 0 aliphatic heterocycles. The van der Waals surface area contributed by atoms with Crippen LogP contribution in [0.2, 0.25) is 0 Å². The third-order valence-corrected chi connectivity index (χ3v) is 4.06. The number of hydrogen-bond acceptors (Lipinski definition) is 0. The molecular weight excluding hydrogens is 330 g/mol. The Hall–Kier alpha value is -1.29. The molecule has 0 heterocycles. The molecule has 0 aliphatic carbocycles. The Bertz CT molecular complexity index is 719. The van der Waals surface area contributed by atoms with Gasteiger partial charge in [0.1, 0.15) is 7.85 Å². The van der Waals surface area contributed by atoms with Crippen LogP contribution in [0.25, 0.3) is 21.9 Å². The summed E-state index contributed by atoms with van der Waals surface area (Å²) in [6.07, 6.45) is 0. The minimum Gasteiger partial charge on any atom is -0.0889 e. The first-order valence-corrected chi connectivity index (χ1v) is 6.87. The predicted molar refractivity (Wildman–Crippen MR) is 87.5 cm³/mol. The summed E-state index contributed by atoms with van der Waals surface area (Å²) in [5.74, 6) is 0. The average molecular weight is 340 g/mol. The van der Waals surface area contributed by atoms with Crippen molar-refractivity contribution in [2.75, 3.05) is 0 Å². The molecule has 0 aromatic heterocycles.